The first-order chi connectivity index (χ1) is 12.8. The lowest BCUT2D eigenvalue weighted by molar-refractivity contribution is -0.125. The van der Waals surface area contributed by atoms with E-state index in [-0.39, 0.29) is 12.5 Å². The van der Waals surface area contributed by atoms with Crippen LogP contribution in [0.4, 0.5) is 17.1 Å². The molecule has 0 saturated carbocycles. The van der Waals surface area contributed by atoms with Crippen LogP contribution in [0.25, 0.3) is 0 Å². The minimum absolute atomic E-state index is 0.185. The molecule has 3 aromatic carbocycles. The fraction of sp³-hybridized carbons (Fsp3) is 0.0952. The molecule has 1 amide bonds. The summed E-state index contributed by atoms with van der Waals surface area (Å²) in [6.45, 7) is 0.185. The van der Waals surface area contributed by atoms with Gasteiger partial charge >= 0.3 is 0 Å². The van der Waals surface area contributed by atoms with E-state index in [1.54, 1.807) is 6.07 Å². The van der Waals surface area contributed by atoms with Crippen molar-refractivity contribution < 1.29 is 14.3 Å². The van der Waals surface area contributed by atoms with Gasteiger partial charge < -0.3 is 20.1 Å². The van der Waals surface area contributed by atoms with Gasteiger partial charge in [0.25, 0.3) is 5.91 Å². The molecule has 4 rings (SSSR count). The van der Waals surface area contributed by atoms with Crippen LogP contribution in [-0.4, -0.2) is 18.6 Å². The second kappa shape index (κ2) is 7.19. The van der Waals surface area contributed by atoms with E-state index in [1.807, 2.05) is 72.8 Å². The molecular formula is C21H18N2O3. The zero-order valence-electron chi connectivity index (χ0n) is 14.0. The first kappa shape index (κ1) is 16.0. The smallest absolute Gasteiger partial charge is 0.269 e. The van der Waals surface area contributed by atoms with E-state index in [0.29, 0.717) is 17.2 Å². The van der Waals surface area contributed by atoms with Gasteiger partial charge in [-0.3, -0.25) is 4.79 Å². The second-order valence-electron chi connectivity index (χ2n) is 5.93. The fourth-order valence-electron chi connectivity index (χ4n) is 2.73. The summed E-state index contributed by atoms with van der Waals surface area (Å²) >= 11 is 0. The number of carbonyl (C=O) groups is 1. The highest BCUT2D eigenvalue weighted by atomic mass is 16.6. The predicted molar refractivity (Wildman–Crippen MR) is 101 cm³/mol. The molecule has 1 heterocycles. The van der Waals surface area contributed by atoms with Crippen LogP contribution in [0.2, 0.25) is 0 Å². The number of rotatable bonds is 4. The van der Waals surface area contributed by atoms with E-state index in [2.05, 4.69) is 10.6 Å². The predicted octanol–water partition coefficient (Wildman–Crippen LogP) is 4.21. The summed E-state index contributed by atoms with van der Waals surface area (Å²) < 4.78 is 11.3. The van der Waals surface area contributed by atoms with Crippen molar-refractivity contribution in [3.05, 3.63) is 78.9 Å². The van der Waals surface area contributed by atoms with Crippen LogP contribution in [0.1, 0.15) is 0 Å². The zero-order chi connectivity index (χ0) is 17.8. The normalized spacial score (nSPS) is 15.2. The Labute approximate surface area is 151 Å². The van der Waals surface area contributed by atoms with Gasteiger partial charge in [-0.1, -0.05) is 36.4 Å². The maximum Gasteiger partial charge on any atom is 0.269 e. The first-order valence-corrected chi connectivity index (χ1v) is 8.39. The molecule has 0 bridgehead atoms. The molecule has 0 saturated heterocycles. The number of anilines is 3. The summed E-state index contributed by atoms with van der Waals surface area (Å²) in [4.78, 5) is 12.5. The number of hydrogen-bond acceptors (Lipinski definition) is 4. The molecule has 1 aliphatic heterocycles. The summed E-state index contributed by atoms with van der Waals surface area (Å²) in [5, 5.41) is 6.19. The van der Waals surface area contributed by atoms with Crippen LogP contribution < -0.4 is 20.1 Å². The molecule has 5 nitrogen and oxygen atoms in total. The van der Waals surface area contributed by atoms with Crippen LogP contribution >= 0.6 is 0 Å². The van der Waals surface area contributed by atoms with Crippen LogP contribution in [-0.2, 0) is 4.79 Å². The standard InChI is InChI=1S/C21H18N2O3/c24-21(20-14-25-18-11-4-5-12-19(18)26-20)23-17-10-6-9-16(13-17)22-15-7-2-1-3-8-15/h1-13,20,22H,14H2,(H,23,24). The average Bonchev–Trinajstić information content (AvgIpc) is 2.68. The topological polar surface area (TPSA) is 59.6 Å². The van der Waals surface area contributed by atoms with Crippen molar-refractivity contribution in [2.45, 2.75) is 6.10 Å². The highest BCUT2D eigenvalue weighted by molar-refractivity contribution is 5.95. The first-order valence-electron chi connectivity index (χ1n) is 8.39. The largest absolute Gasteiger partial charge is 0.485 e. The van der Waals surface area contributed by atoms with E-state index >= 15 is 0 Å². The number of nitrogens with one attached hydrogen (secondary N) is 2. The fourth-order valence-corrected chi connectivity index (χ4v) is 2.73. The number of hydrogen-bond donors (Lipinski definition) is 2. The Morgan fingerprint density at radius 3 is 2.35 bits per heavy atom. The second-order valence-corrected chi connectivity index (χ2v) is 5.93. The van der Waals surface area contributed by atoms with Crippen molar-refractivity contribution in [1.29, 1.82) is 0 Å². The molecule has 0 aromatic heterocycles. The average molecular weight is 346 g/mol. The highest BCUT2D eigenvalue weighted by Gasteiger charge is 2.27. The van der Waals surface area contributed by atoms with E-state index in [1.165, 1.54) is 0 Å². The minimum atomic E-state index is -0.685. The molecule has 1 atom stereocenters. The third-order valence-corrected chi connectivity index (χ3v) is 3.99. The van der Waals surface area contributed by atoms with E-state index in [9.17, 15) is 4.79 Å². The van der Waals surface area contributed by atoms with Crippen LogP contribution in [0.5, 0.6) is 11.5 Å². The molecule has 26 heavy (non-hydrogen) atoms. The van der Waals surface area contributed by atoms with Crippen LogP contribution in [0, 0.1) is 0 Å². The molecule has 3 aromatic rings. The Kier molecular flexibility index (Phi) is 4.43. The van der Waals surface area contributed by atoms with Crippen LogP contribution in [0.15, 0.2) is 78.9 Å². The van der Waals surface area contributed by atoms with E-state index < -0.39 is 6.10 Å². The minimum Gasteiger partial charge on any atom is -0.485 e. The maximum absolute atomic E-state index is 12.5. The van der Waals surface area contributed by atoms with Gasteiger partial charge in [-0.25, -0.2) is 0 Å². The molecular weight excluding hydrogens is 328 g/mol. The molecule has 1 unspecified atom stereocenters. The number of amides is 1. The van der Waals surface area contributed by atoms with Gasteiger partial charge in [0.15, 0.2) is 11.5 Å². The number of carbonyl (C=O) groups excluding carboxylic acids is 1. The number of benzene rings is 3. The lowest BCUT2D eigenvalue weighted by Gasteiger charge is -2.25. The molecule has 0 aliphatic carbocycles. The van der Waals surface area contributed by atoms with Gasteiger partial charge in [-0.05, 0) is 42.5 Å². The third-order valence-electron chi connectivity index (χ3n) is 3.99. The van der Waals surface area contributed by atoms with Crippen molar-refractivity contribution >= 4 is 23.0 Å². The van der Waals surface area contributed by atoms with Crippen molar-refractivity contribution in [3.8, 4) is 11.5 Å². The molecule has 2 N–H and O–H groups in total. The Hall–Kier alpha value is -3.47. The van der Waals surface area contributed by atoms with Crippen LogP contribution in [0.3, 0.4) is 0 Å². The zero-order valence-corrected chi connectivity index (χ0v) is 14.0. The van der Waals surface area contributed by atoms with Crippen molar-refractivity contribution in [2.24, 2.45) is 0 Å². The summed E-state index contributed by atoms with van der Waals surface area (Å²) in [5.74, 6) is 1.00. The Morgan fingerprint density at radius 1 is 0.808 bits per heavy atom. The SMILES string of the molecule is O=C(Nc1cccc(Nc2ccccc2)c1)C1COc2ccccc2O1. The van der Waals surface area contributed by atoms with Gasteiger partial charge in [0, 0.05) is 17.1 Å². The lowest BCUT2D eigenvalue weighted by atomic mass is 10.2. The quantitative estimate of drug-likeness (QED) is 0.743. The number of fused-ring (bicyclic) bond motifs is 1. The summed E-state index contributed by atoms with van der Waals surface area (Å²) in [6.07, 6.45) is -0.685. The number of para-hydroxylation sites is 3. The van der Waals surface area contributed by atoms with Gasteiger partial charge in [0.2, 0.25) is 6.10 Å². The molecule has 130 valence electrons. The summed E-state index contributed by atoms with van der Waals surface area (Å²) in [6, 6.07) is 24.7. The summed E-state index contributed by atoms with van der Waals surface area (Å²) in [7, 11) is 0. The maximum atomic E-state index is 12.5. The Bertz CT molecular complexity index is 912. The molecule has 0 spiro atoms. The van der Waals surface area contributed by atoms with Gasteiger partial charge in [-0.2, -0.15) is 0 Å². The third kappa shape index (κ3) is 3.62. The molecule has 0 radical (unpaired) electrons. The van der Waals surface area contributed by atoms with Gasteiger partial charge in [0.05, 0.1) is 0 Å². The van der Waals surface area contributed by atoms with E-state index in [4.69, 9.17) is 9.47 Å². The molecule has 1 aliphatic rings. The lowest BCUT2D eigenvalue weighted by Crippen LogP contribution is -2.40. The van der Waals surface area contributed by atoms with E-state index in [0.717, 1.165) is 11.4 Å². The molecule has 5 heteroatoms. The number of ether oxygens (including phenoxy) is 2. The Balaban J connectivity index is 1.43. The van der Waals surface area contributed by atoms with Crippen molar-refractivity contribution in [1.82, 2.24) is 0 Å². The molecule has 0 fully saturated rings. The van der Waals surface area contributed by atoms with Crippen molar-refractivity contribution in [3.63, 3.8) is 0 Å². The Morgan fingerprint density at radius 2 is 1.50 bits per heavy atom. The van der Waals surface area contributed by atoms with Crippen molar-refractivity contribution in [2.75, 3.05) is 17.2 Å². The highest BCUT2D eigenvalue weighted by Crippen LogP contribution is 2.31. The van der Waals surface area contributed by atoms with Gasteiger partial charge in [-0.15, -0.1) is 0 Å². The summed E-state index contributed by atoms with van der Waals surface area (Å²) in [5.41, 5.74) is 2.56. The monoisotopic (exact) mass is 346 g/mol. The van der Waals surface area contributed by atoms with Gasteiger partial charge in [0.1, 0.15) is 6.61 Å².